The molecular formula is C14H18N2O6S. The van der Waals surface area contributed by atoms with Gasteiger partial charge in [0.25, 0.3) is 11.6 Å². The Labute approximate surface area is 134 Å². The number of nitrogens with zero attached hydrogens (tertiary/aromatic N) is 2. The first-order chi connectivity index (χ1) is 10.8. The first-order valence-corrected chi connectivity index (χ1v) is 8.91. The van der Waals surface area contributed by atoms with Crippen molar-refractivity contribution < 1.29 is 22.9 Å². The lowest BCUT2D eigenvalue weighted by Crippen LogP contribution is -2.43. The van der Waals surface area contributed by atoms with Crippen molar-refractivity contribution in [3.63, 3.8) is 0 Å². The monoisotopic (exact) mass is 342 g/mol. The number of rotatable bonds is 6. The Morgan fingerprint density at radius 3 is 2.78 bits per heavy atom. The summed E-state index contributed by atoms with van der Waals surface area (Å²) in [6.45, 7) is 0.495. The molecule has 23 heavy (non-hydrogen) atoms. The first kappa shape index (κ1) is 17.4. The Hall–Kier alpha value is -2.00. The van der Waals surface area contributed by atoms with Crippen molar-refractivity contribution in [2.45, 2.75) is 12.5 Å². The summed E-state index contributed by atoms with van der Waals surface area (Å²) in [5.41, 5.74) is -0.0128. The van der Waals surface area contributed by atoms with Crippen molar-refractivity contribution in [1.82, 2.24) is 4.90 Å². The molecule has 1 aromatic carbocycles. The van der Waals surface area contributed by atoms with Crippen molar-refractivity contribution in [3.05, 3.63) is 39.9 Å². The first-order valence-electron chi connectivity index (χ1n) is 7.09. The van der Waals surface area contributed by atoms with Crippen LogP contribution >= 0.6 is 0 Å². The Morgan fingerprint density at radius 1 is 1.48 bits per heavy atom. The number of amides is 1. The fraction of sp³-hybridized carbons (Fsp3) is 0.500. The summed E-state index contributed by atoms with van der Waals surface area (Å²) in [4.78, 5) is 24.4. The van der Waals surface area contributed by atoms with E-state index < -0.39 is 26.7 Å². The highest BCUT2D eigenvalue weighted by atomic mass is 32.2. The van der Waals surface area contributed by atoms with Crippen LogP contribution in [0.4, 0.5) is 5.69 Å². The van der Waals surface area contributed by atoms with Crippen LogP contribution in [-0.2, 0) is 14.6 Å². The van der Waals surface area contributed by atoms with Gasteiger partial charge in [0.1, 0.15) is 0 Å². The van der Waals surface area contributed by atoms with E-state index in [2.05, 4.69) is 0 Å². The van der Waals surface area contributed by atoms with E-state index in [0.29, 0.717) is 6.42 Å². The van der Waals surface area contributed by atoms with Gasteiger partial charge in [-0.2, -0.15) is 0 Å². The van der Waals surface area contributed by atoms with Crippen molar-refractivity contribution >= 4 is 21.4 Å². The maximum absolute atomic E-state index is 12.7. The van der Waals surface area contributed by atoms with Crippen LogP contribution < -0.4 is 0 Å². The molecule has 2 rings (SSSR count). The van der Waals surface area contributed by atoms with E-state index in [1.807, 2.05) is 0 Å². The fourth-order valence-electron chi connectivity index (χ4n) is 2.58. The summed E-state index contributed by atoms with van der Waals surface area (Å²) in [6, 6.07) is 4.99. The number of sulfone groups is 1. The molecule has 8 nitrogen and oxygen atoms in total. The summed E-state index contributed by atoms with van der Waals surface area (Å²) in [5, 5.41) is 10.8. The molecule has 1 fully saturated rings. The molecule has 1 amide bonds. The molecule has 1 aliphatic rings. The summed E-state index contributed by atoms with van der Waals surface area (Å²) in [6.07, 6.45) is 0.368. The second kappa shape index (κ2) is 7.05. The van der Waals surface area contributed by atoms with Gasteiger partial charge < -0.3 is 9.64 Å². The second-order valence-electron chi connectivity index (χ2n) is 5.36. The molecule has 0 aliphatic carbocycles. The van der Waals surface area contributed by atoms with Gasteiger partial charge in [-0.15, -0.1) is 0 Å². The molecule has 9 heteroatoms. The number of hydrogen-bond donors (Lipinski definition) is 0. The van der Waals surface area contributed by atoms with Crippen LogP contribution in [0, 0.1) is 10.1 Å². The van der Waals surface area contributed by atoms with Crippen molar-refractivity contribution in [3.8, 4) is 0 Å². The summed E-state index contributed by atoms with van der Waals surface area (Å²) >= 11 is 0. The van der Waals surface area contributed by atoms with Crippen LogP contribution in [0.15, 0.2) is 24.3 Å². The number of carbonyl (C=O) groups excluding carboxylic acids is 1. The third-order valence-electron chi connectivity index (χ3n) is 3.75. The second-order valence-corrected chi connectivity index (χ2v) is 7.58. The standard InChI is InChI=1S/C14H18N2O6S/c1-22-7-6-15(13-5-8-23(20,21)10-13)14(17)11-3-2-4-12(9-11)16(18)19/h2-4,9,13H,5-8,10H2,1H3/t13-/m1/s1. The summed E-state index contributed by atoms with van der Waals surface area (Å²) in [5.74, 6) is -0.464. The molecule has 0 N–H and O–H groups in total. The fourth-order valence-corrected chi connectivity index (χ4v) is 4.31. The molecule has 1 heterocycles. The normalized spacial score (nSPS) is 19.4. The number of hydrogen-bond acceptors (Lipinski definition) is 6. The van der Waals surface area contributed by atoms with E-state index in [0.717, 1.165) is 0 Å². The molecule has 0 bridgehead atoms. The average molecular weight is 342 g/mol. The molecule has 0 saturated carbocycles. The minimum Gasteiger partial charge on any atom is -0.383 e. The van der Waals surface area contributed by atoms with Crippen molar-refractivity contribution in [2.24, 2.45) is 0 Å². The number of methoxy groups -OCH3 is 1. The molecule has 1 aromatic rings. The smallest absolute Gasteiger partial charge is 0.270 e. The summed E-state index contributed by atoms with van der Waals surface area (Å²) in [7, 11) is -1.66. The van der Waals surface area contributed by atoms with Gasteiger partial charge in [-0.3, -0.25) is 14.9 Å². The molecule has 126 valence electrons. The van der Waals surface area contributed by atoms with Gasteiger partial charge in [-0.05, 0) is 12.5 Å². The highest BCUT2D eigenvalue weighted by Gasteiger charge is 2.35. The molecule has 1 atom stereocenters. The predicted octanol–water partition coefficient (Wildman–Crippen LogP) is 0.870. The third kappa shape index (κ3) is 4.26. The number of nitro groups is 1. The van der Waals surface area contributed by atoms with Crippen LogP contribution in [0.3, 0.4) is 0 Å². The molecule has 0 radical (unpaired) electrons. The van der Waals surface area contributed by atoms with Crippen LogP contribution in [-0.4, -0.2) is 62.0 Å². The van der Waals surface area contributed by atoms with E-state index in [9.17, 15) is 23.3 Å². The molecule has 0 spiro atoms. The van der Waals surface area contributed by atoms with Gasteiger partial charge in [-0.1, -0.05) is 6.07 Å². The third-order valence-corrected chi connectivity index (χ3v) is 5.50. The van der Waals surface area contributed by atoms with E-state index in [4.69, 9.17) is 4.74 Å². The van der Waals surface area contributed by atoms with Crippen LogP contribution in [0.1, 0.15) is 16.8 Å². The van der Waals surface area contributed by atoms with Crippen LogP contribution in [0.5, 0.6) is 0 Å². The molecule has 1 aliphatic heterocycles. The lowest BCUT2D eigenvalue weighted by molar-refractivity contribution is -0.384. The average Bonchev–Trinajstić information content (AvgIpc) is 2.87. The SMILES string of the molecule is COCCN(C(=O)c1cccc([N+](=O)[O-])c1)[C@@H]1CCS(=O)(=O)C1. The number of benzene rings is 1. The number of non-ortho nitro benzene ring substituents is 1. The number of carbonyl (C=O) groups is 1. The Bertz CT molecular complexity index is 703. The van der Waals surface area contributed by atoms with Crippen molar-refractivity contribution in [2.75, 3.05) is 31.8 Å². The number of nitro benzene ring substituents is 1. The maximum atomic E-state index is 12.7. The minimum atomic E-state index is -3.15. The quantitative estimate of drug-likeness (QED) is 0.561. The van der Waals surface area contributed by atoms with E-state index in [-0.39, 0.29) is 35.9 Å². The van der Waals surface area contributed by atoms with Gasteiger partial charge in [0.15, 0.2) is 9.84 Å². The highest BCUT2D eigenvalue weighted by Crippen LogP contribution is 2.21. The Morgan fingerprint density at radius 2 is 2.22 bits per heavy atom. The van der Waals surface area contributed by atoms with Crippen LogP contribution in [0.25, 0.3) is 0 Å². The van der Waals surface area contributed by atoms with Crippen molar-refractivity contribution in [1.29, 1.82) is 0 Å². The molecular weight excluding hydrogens is 324 g/mol. The number of ether oxygens (including phenoxy) is 1. The van der Waals surface area contributed by atoms with Crippen LogP contribution in [0.2, 0.25) is 0 Å². The maximum Gasteiger partial charge on any atom is 0.270 e. The van der Waals surface area contributed by atoms with Gasteiger partial charge in [0.2, 0.25) is 0 Å². The van der Waals surface area contributed by atoms with Gasteiger partial charge in [-0.25, -0.2) is 8.42 Å². The van der Waals surface area contributed by atoms with Gasteiger partial charge >= 0.3 is 0 Å². The highest BCUT2D eigenvalue weighted by molar-refractivity contribution is 7.91. The van der Waals surface area contributed by atoms with Gasteiger partial charge in [0.05, 0.1) is 23.0 Å². The van der Waals surface area contributed by atoms with E-state index in [1.54, 1.807) is 0 Å². The lowest BCUT2D eigenvalue weighted by atomic mass is 10.1. The molecule has 1 saturated heterocycles. The minimum absolute atomic E-state index is 0.0450. The van der Waals surface area contributed by atoms with Gasteiger partial charge in [0, 0.05) is 37.4 Å². The summed E-state index contributed by atoms with van der Waals surface area (Å²) < 4.78 is 28.3. The van der Waals surface area contributed by atoms with E-state index >= 15 is 0 Å². The molecule has 0 aromatic heterocycles. The largest absolute Gasteiger partial charge is 0.383 e. The Balaban J connectivity index is 2.26. The van der Waals surface area contributed by atoms with E-state index in [1.165, 1.54) is 36.3 Å². The zero-order valence-electron chi connectivity index (χ0n) is 12.7. The zero-order chi connectivity index (χ0) is 17.0. The molecule has 0 unspecified atom stereocenters. The Kier molecular flexibility index (Phi) is 5.32. The lowest BCUT2D eigenvalue weighted by Gasteiger charge is -2.28. The predicted molar refractivity (Wildman–Crippen MR) is 83.1 cm³/mol. The topological polar surface area (TPSA) is 107 Å². The zero-order valence-corrected chi connectivity index (χ0v) is 13.5.